The molecule has 8 heteroatoms. The van der Waals surface area contributed by atoms with Gasteiger partial charge >= 0.3 is 12.3 Å². The van der Waals surface area contributed by atoms with Gasteiger partial charge in [-0.1, -0.05) is 0 Å². The average molecular weight is 247 g/mol. The summed E-state index contributed by atoms with van der Waals surface area (Å²) in [4.78, 5) is 10.9. The molecular weight excluding hydrogens is 240 g/mol. The van der Waals surface area contributed by atoms with Gasteiger partial charge in [-0.05, 0) is 17.7 Å². The van der Waals surface area contributed by atoms with Crippen LogP contribution in [0.4, 0.5) is 8.78 Å². The van der Waals surface area contributed by atoms with Gasteiger partial charge in [-0.25, -0.2) is 10.3 Å². The smallest absolute Gasteiger partial charge is 0.478 e. The maximum atomic E-state index is 12.7. The van der Waals surface area contributed by atoms with Crippen molar-refractivity contribution in [2.24, 2.45) is 0 Å². The van der Waals surface area contributed by atoms with E-state index in [4.69, 9.17) is 10.3 Å². The molecule has 2 rings (SSSR count). The van der Waals surface area contributed by atoms with Crippen LogP contribution in [0.3, 0.4) is 0 Å². The van der Waals surface area contributed by atoms with E-state index in [1.54, 1.807) is 5.48 Å². The molecule has 0 unspecified atom stereocenters. The summed E-state index contributed by atoms with van der Waals surface area (Å²) < 4.78 is 33.7. The van der Waals surface area contributed by atoms with Crippen LogP contribution >= 0.6 is 0 Å². The van der Waals surface area contributed by atoms with Gasteiger partial charge in [0.15, 0.2) is 11.5 Å². The Labute approximate surface area is 93.3 Å². The number of carboxylic acid groups (broad SMARTS) is 1. The topological polar surface area (TPSA) is 88.0 Å². The number of nitrogens with one attached hydrogen (secondary N) is 1. The molecule has 3 N–H and O–H groups in total. The Hall–Kier alpha value is -1.93. The van der Waals surface area contributed by atoms with Gasteiger partial charge in [0.2, 0.25) is 0 Å². The number of hydrogen-bond acceptors (Lipinski definition) is 5. The number of fused-ring (bicyclic) bond motifs is 1. The Bertz CT molecular complexity index is 477. The molecule has 0 saturated carbocycles. The lowest BCUT2D eigenvalue weighted by atomic mass is 10.1. The van der Waals surface area contributed by atoms with E-state index >= 15 is 0 Å². The lowest BCUT2D eigenvalue weighted by molar-refractivity contribution is -0.286. The molecule has 0 amide bonds. The molecule has 1 aromatic rings. The number of ether oxygens (including phenoxy) is 2. The second kappa shape index (κ2) is 3.82. The fourth-order valence-electron chi connectivity index (χ4n) is 1.47. The lowest BCUT2D eigenvalue weighted by Crippen LogP contribution is -2.25. The monoisotopic (exact) mass is 247 g/mol. The zero-order valence-electron chi connectivity index (χ0n) is 8.24. The predicted octanol–water partition coefficient (Wildman–Crippen LogP) is 1.19. The number of carbonyl (C=O) groups is 1. The molecule has 0 aliphatic carbocycles. The van der Waals surface area contributed by atoms with Gasteiger partial charge in [0.1, 0.15) is 0 Å². The van der Waals surface area contributed by atoms with Crippen LogP contribution in [0.25, 0.3) is 0 Å². The van der Waals surface area contributed by atoms with Crippen LogP contribution in [0.15, 0.2) is 12.1 Å². The quantitative estimate of drug-likeness (QED) is 0.695. The molecular formula is C9H7F2NO5. The molecule has 1 heterocycles. The first-order valence-corrected chi connectivity index (χ1v) is 4.46. The molecule has 17 heavy (non-hydrogen) atoms. The summed E-state index contributed by atoms with van der Waals surface area (Å²) in [5, 5.41) is 17.4. The van der Waals surface area contributed by atoms with Crippen LogP contribution < -0.4 is 15.0 Å². The minimum Gasteiger partial charge on any atom is -0.478 e. The molecule has 0 bridgehead atoms. The summed E-state index contributed by atoms with van der Waals surface area (Å²) >= 11 is 0. The Morgan fingerprint density at radius 1 is 1.35 bits per heavy atom. The summed E-state index contributed by atoms with van der Waals surface area (Å²) in [6, 6.07) is 1.99. The SMILES string of the molecule is O=C(O)c1cc2c(cc1CNO)OC(F)(F)O2. The summed E-state index contributed by atoms with van der Waals surface area (Å²) in [7, 11) is 0. The second-order valence-corrected chi connectivity index (χ2v) is 3.26. The number of hydrogen-bond donors (Lipinski definition) is 3. The molecule has 0 aromatic heterocycles. The number of rotatable bonds is 3. The minimum absolute atomic E-state index is 0.0973. The predicted molar refractivity (Wildman–Crippen MR) is 48.2 cm³/mol. The fraction of sp³-hybridized carbons (Fsp3) is 0.222. The third kappa shape index (κ3) is 2.12. The van der Waals surface area contributed by atoms with Crippen LogP contribution in [0, 0.1) is 0 Å². The van der Waals surface area contributed by atoms with Gasteiger partial charge < -0.3 is 19.8 Å². The van der Waals surface area contributed by atoms with Gasteiger partial charge in [-0.2, -0.15) is 0 Å². The summed E-state index contributed by atoms with van der Waals surface area (Å²) in [6.45, 7) is -0.218. The maximum absolute atomic E-state index is 12.7. The van der Waals surface area contributed by atoms with Crippen LogP contribution in [0.2, 0.25) is 0 Å². The van der Waals surface area contributed by atoms with Crippen molar-refractivity contribution >= 4 is 5.97 Å². The van der Waals surface area contributed by atoms with Gasteiger partial charge in [-0.3, -0.25) is 0 Å². The zero-order valence-corrected chi connectivity index (χ0v) is 8.24. The summed E-state index contributed by atoms with van der Waals surface area (Å²) in [5.74, 6) is -1.95. The van der Waals surface area contributed by atoms with Crippen molar-refractivity contribution in [3.63, 3.8) is 0 Å². The second-order valence-electron chi connectivity index (χ2n) is 3.26. The zero-order chi connectivity index (χ0) is 12.6. The van der Waals surface area contributed by atoms with Gasteiger partial charge in [0.05, 0.1) is 5.56 Å². The fourth-order valence-corrected chi connectivity index (χ4v) is 1.47. The number of aromatic carboxylic acids is 1. The van der Waals surface area contributed by atoms with Crippen molar-refractivity contribution in [3.8, 4) is 11.5 Å². The third-order valence-corrected chi connectivity index (χ3v) is 2.13. The van der Waals surface area contributed by atoms with Crippen LogP contribution in [0.1, 0.15) is 15.9 Å². The summed E-state index contributed by atoms with van der Waals surface area (Å²) in [5.41, 5.74) is 1.58. The van der Waals surface area contributed by atoms with E-state index in [0.29, 0.717) is 0 Å². The largest absolute Gasteiger partial charge is 0.586 e. The van der Waals surface area contributed by atoms with E-state index in [0.717, 1.165) is 12.1 Å². The van der Waals surface area contributed by atoms with Crippen molar-refractivity contribution in [3.05, 3.63) is 23.3 Å². The van der Waals surface area contributed by atoms with Crippen molar-refractivity contribution in [2.75, 3.05) is 0 Å². The summed E-state index contributed by atoms with van der Waals surface area (Å²) in [6.07, 6.45) is -3.80. The Morgan fingerprint density at radius 3 is 2.47 bits per heavy atom. The van der Waals surface area contributed by atoms with Crippen molar-refractivity contribution < 1.29 is 33.4 Å². The highest BCUT2D eigenvalue weighted by Gasteiger charge is 2.44. The average Bonchev–Trinajstić information content (AvgIpc) is 2.50. The highest BCUT2D eigenvalue weighted by molar-refractivity contribution is 5.90. The maximum Gasteiger partial charge on any atom is 0.586 e. The third-order valence-electron chi connectivity index (χ3n) is 2.13. The van der Waals surface area contributed by atoms with Crippen molar-refractivity contribution in [1.82, 2.24) is 5.48 Å². The molecule has 1 aromatic carbocycles. The normalized spacial score (nSPS) is 15.9. The molecule has 1 aliphatic rings. The lowest BCUT2D eigenvalue weighted by Gasteiger charge is -2.05. The van der Waals surface area contributed by atoms with E-state index in [2.05, 4.69) is 9.47 Å². The molecule has 0 radical (unpaired) electrons. The van der Waals surface area contributed by atoms with Crippen LogP contribution in [-0.2, 0) is 6.54 Å². The molecule has 1 aliphatic heterocycles. The van der Waals surface area contributed by atoms with Crippen molar-refractivity contribution in [1.29, 1.82) is 0 Å². The standard InChI is InChI=1S/C9H7F2NO5/c10-9(11)16-6-1-4(3-12-15)5(8(13)14)2-7(6)17-9/h1-2,12,15H,3H2,(H,13,14). The number of benzene rings is 1. The first-order valence-electron chi connectivity index (χ1n) is 4.46. The molecule has 0 spiro atoms. The van der Waals surface area contributed by atoms with E-state index in [1.807, 2.05) is 0 Å². The van der Waals surface area contributed by atoms with Crippen LogP contribution in [0.5, 0.6) is 11.5 Å². The highest BCUT2D eigenvalue weighted by Crippen LogP contribution is 2.42. The van der Waals surface area contributed by atoms with Gasteiger partial charge in [0, 0.05) is 6.54 Å². The number of carboxylic acids is 1. The van der Waals surface area contributed by atoms with E-state index in [9.17, 15) is 13.6 Å². The number of hydroxylamine groups is 1. The molecule has 0 saturated heterocycles. The molecule has 6 nitrogen and oxygen atoms in total. The first-order chi connectivity index (χ1) is 7.93. The minimum atomic E-state index is -3.80. The van der Waals surface area contributed by atoms with Crippen LogP contribution in [-0.4, -0.2) is 22.6 Å². The van der Waals surface area contributed by atoms with Gasteiger partial charge in [0.25, 0.3) is 0 Å². The van der Waals surface area contributed by atoms with E-state index in [1.165, 1.54) is 0 Å². The Morgan fingerprint density at radius 2 is 1.94 bits per heavy atom. The molecule has 92 valence electrons. The Kier molecular flexibility index (Phi) is 2.60. The molecule has 0 atom stereocenters. The molecule has 0 fully saturated rings. The van der Waals surface area contributed by atoms with E-state index in [-0.39, 0.29) is 29.2 Å². The van der Waals surface area contributed by atoms with Gasteiger partial charge in [-0.15, -0.1) is 8.78 Å². The van der Waals surface area contributed by atoms with E-state index < -0.39 is 12.3 Å². The number of halogens is 2. The Balaban J connectivity index is 2.46. The highest BCUT2D eigenvalue weighted by atomic mass is 19.3. The first kappa shape index (κ1) is 11.6. The van der Waals surface area contributed by atoms with Crippen molar-refractivity contribution in [2.45, 2.75) is 12.8 Å². The number of alkyl halides is 2.